The van der Waals surface area contributed by atoms with E-state index >= 15 is 0 Å². The highest BCUT2D eigenvalue weighted by atomic mass is 79.9. The molecule has 1 aromatic carbocycles. The van der Waals surface area contributed by atoms with Crippen LogP contribution in [0.3, 0.4) is 0 Å². The molecule has 0 saturated heterocycles. The van der Waals surface area contributed by atoms with E-state index in [4.69, 9.17) is 5.73 Å². The highest BCUT2D eigenvalue weighted by molar-refractivity contribution is 9.11. The molecule has 1 atom stereocenters. The predicted molar refractivity (Wildman–Crippen MR) is 91.5 cm³/mol. The Bertz CT molecular complexity index is 589. The van der Waals surface area contributed by atoms with Crippen molar-refractivity contribution in [3.8, 4) is 0 Å². The van der Waals surface area contributed by atoms with E-state index < -0.39 is 16.1 Å². The normalized spacial score (nSPS) is 14.2. The molecule has 0 saturated carbocycles. The van der Waals surface area contributed by atoms with Gasteiger partial charge in [-0.05, 0) is 39.9 Å². The molecule has 0 fully saturated rings. The van der Waals surface area contributed by atoms with Gasteiger partial charge in [0, 0.05) is 15.5 Å². The molecule has 8 heteroatoms. The van der Waals surface area contributed by atoms with Crippen LogP contribution in [0.5, 0.6) is 0 Å². The van der Waals surface area contributed by atoms with Crippen LogP contribution >= 0.6 is 31.9 Å². The molecule has 1 rings (SSSR count). The van der Waals surface area contributed by atoms with Crippen LogP contribution in [0.4, 0.5) is 5.69 Å². The summed E-state index contributed by atoms with van der Waals surface area (Å²) >= 11 is 6.44. The topological polar surface area (TPSA) is 92.4 Å². The van der Waals surface area contributed by atoms with E-state index in [1.54, 1.807) is 6.07 Å². The predicted octanol–water partition coefficient (Wildman–Crippen LogP) is 2.87. The minimum Gasteiger partial charge on any atom is -0.398 e. The molecular weight excluding hydrogens is 424 g/mol. The van der Waals surface area contributed by atoms with Crippen molar-refractivity contribution in [2.75, 3.05) is 12.3 Å². The molecule has 120 valence electrons. The SMILES string of the molecule is CC(C)(C)CC(O)CNS(=O)(=O)c1c(N)cc(Br)cc1Br. The number of nitrogen functional groups attached to an aromatic ring is 1. The maximum Gasteiger partial charge on any atom is 0.243 e. The number of aliphatic hydroxyl groups is 1. The summed E-state index contributed by atoms with van der Waals surface area (Å²) < 4.78 is 28.1. The summed E-state index contributed by atoms with van der Waals surface area (Å²) in [6.45, 7) is 5.89. The molecule has 0 aliphatic carbocycles. The maximum absolute atomic E-state index is 12.3. The summed E-state index contributed by atoms with van der Waals surface area (Å²) in [6, 6.07) is 3.13. The van der Waals surface area contributed by atoms with Gasteiger partial charge < -0.3 is 10.8 Å². The van der Waals surface area contributed by atoms with Crippen molar-refractivity contribution in [1.29, 1.82) is 0 Å². The summed E-state index contributed by atoms with van der Waals surface area (Å²) in [5.41, 5.74) is 5.83. The molecule has 5 nitrogen and oxygen atoms in total. The summed E-state index contributed by atoms with van der Waals surface area (Å²) in [5.74, 6) is 0. The second-order valence-electron chi connectivity index (χ2n) is 6.08. The van der Waals surface area contributed by atoms with E-state index in [-0.39, 0.29) is 22.5 Å². The van der Waals surface area contributed by atoms with E-state index in [0.717, 1.165) is 0 Å². The van der Waals surface area contributed by atoms with Crippen molar-refractivity contribution < 1.29 is 13.5 Å². The second-order valence-corrected chi connectivity index (χ2v) is 9.55. The van der Waals surface area contributed by atoms with Crippen LogP contribution in [0.15, 0.2) is 26.0 Å². The van der Waals surface area contributed by atoms with Crippen molar-refractivity contribution in [1.82, 2.24) is 4.72 Å². The molecular formula is C13H20Br2N2O3S. The third kappa shape index (κ3) is 5.86. The molecule has 0 aromatic heterocycles. The Balaban J connectivity index is 2.89. The van der Waals surface area contributed by atoms with Gasteiger partial charge in [0.15, 0.2) is 0 Å². The van der Waals surface area contributed by atoms with Crippen LogP contribution in [-0.2, 0) is 10.0 Å². The first-order valence-electron chi connectivity index (χ1n) is 6.34. The highest BCUT2D eigenvalue weighted by Gasteiger charge is 2.24. The molecule has 0 bridgehead atoms. The number of nitrogens with one attached hydrogen (secondary N) is 1. The number of aliphatic hydroxyl groups excluding tert-OH is 1. The van der Waals surface area contributed by atoms with Crippen molar-refractivity contribution in [3.05, 3.63) is 21.1 Å². The molecule has 4 N–H and O–H groups in total. The summed E-state index contributed by atoms with van der Waals surface area (Å²) in [7, 11) is -3.79. The zero-order valence-corrected chi connectivity index (χ0v) is 16.1. The Hall–Kier alpha value is -0.150. The molecule has 0 aliphatic rings. The van der Waals surface area contributed by atoms with Crippen LogP contribution in [0, 0.1) is 5.41 Å². The van der Waals surface area contributed by atoms with Gasteiger partial charge in [-0.15, -0.1) is 0 Å². The Morgan fingerprint density at radius 3 is 2.38 bits per heavy atom. The minimum absolute atomic E-state index is 0.0198. The molecule has 0 spiro atoms. The number of hydrogen-bond donors (Lipinski definition) is 3. The Morgan fingerprint density at radius 2 is 1.90 bits per heavy atom. The summed E-state index contributed by atoms with van der Waals surface area (Å²) in [4.78, 5) is -0.0198. The Kier molecular flexibility index (Phi) is 6.26. The number of halogens is 2. The van der Waals surface area contributed by atoms with Gasteiger partial charge in [-0.1, -0.05) is 36.7 Å². The van der Waals surface area contributed by atoms with Crippen LogP contribution in [0.25, 0.3) is 0 Å². The molecule has 0 heterocycles. The third-order valence-electron chi connectivity index (χ3n) is 2.66. The first kappa shape index (κ1) is 18.9. The van der Waals surface area contributed by atoms with Gasteiger partial charge in [0.05, 0.1) is 11.8 Å². The van der Waals surface area contributed by atoms with Gasteiger partial charge in [-0.2, -0.15) is 0 Å². The zero-order valence-electron chi connectivity index (χ0n) is 12.2. The lowest BCUT2D eigenvalue weighted by Gasteiger charge is -2.22. The Labute approximate surface area is 142 Å². The second kappa shape index (κ2) is 6.95. The number of rotatable bonds is 5. The molecule has 1 aromatic rings. The van der Waals surface area contributed by atoms with Crippen LogP contribution in [0.2, 0.25) is 0 Å². The average Bonchev–Trinajstić information content (AvgIpc) is 2.22. The van der Waals surface area contributed by atoms with Crippen LogP contribution in [0.1, 0.15) is 27.2 Å². The molecule has 0 aliphatic heterocycles. The van der Waals surface area contributed by atoms with Gasteiger partial charge in [0.2, 0.25) is 10.0 Å². The van der Waals surface area contributed by atoms with E-state index in [1.165, 1.54) is 6.07 Å². The van der Waals surface area contributed by atoms with Crippen molar-refractivity contribution in [2.24, 2.45) is 5.41 Å². The monoisotopic (exact) mass is 442 g/mol. The van der Waals surface area contributed by atoms with E-state index in [9.17, 15) is 13.5 Å². The number of hydrogen-bond acceptors (Lipinski definition) is 4. The van der Waals surface area contributed by atoms with Gasteiger partial charge in [-0.3, -0.25) is 0 Å². The number of benzene rings is 1. The van der Waals surface area contributed by atoms with Crippen LogP contribution in [-0.4, -0.2) is 26.2 Å². The fourth-order valence-corrected chi connectivity index (χ4v) is 5.06. The van der Waals surface area contributed by atoms with Gasteiger partial charge in [0.1, 0.15) is 4.90 Å². The number of anilines is 1. The molecule has 21 heavy (non-hydrogen) atoms. The largest absolute Gasteiger partial charge is 0.398 e. The van der Waals surface area contributed by atoms with Gasteiger partial charge in [-0.25, -0.2) is 13.1 Å². The van der Waals surface area contributed by atoms with Crippen molar-refractivity contribution in [2.45, 2.75) is 38.2 Å². The summed E-state index contributed by atoms with van der Waals surface area (Å²) in [5, 5.41) is 9.90. The maximum atomic E-state index is 12.3. The lowest BCUT2D eigenvalue weighted by molar-refractivity contribution is 0.125. The third-order valence-corrected chi connectivity index (χ3v) is 5.55. The fraction of sp³-hybridized carbons (Fsp3) is 0.538. The lowest BCUT2D eigenvalue weighted by atomic mass is 9.89. The zero-order chi connectivity index (χ0) is 16.4. The standard InChI is InChI=1S/C13H20Br2N2O3S/c1-13(2,3)6-9(18)7-17-21(19,20)12-10(15)4-8(14)5-11(12)16/h4-5,9,17-18H,6-7,16H2,1-3H3. The quantitative estimate of drug-likeness (QED) is 0.610. The van der Waals surface area contributed by atoms with E-state index in [1.807, 2.05) is 20.8 Å². The highest BCUT2D eigenvalue weighted by Crippen LogP contribution is 2.31. The number of nitrogens with two attached hydrogens (primary N) is 1. The summed E-state index contributed by atoms with van der Waals surface area (Å²) in [6.07, 6.45) is -0.262. The fourth-order valence-electron chi connectivity index (χ4n) is 1.92. The van der Waals surface area contributed by atoms with E-state index in [0.29, 0.717) is 15.4 Å². The molecule has 1 unspecified atom stereocenters. The minimum atomic E-state index is -3.79. The first-order valence-corrected chi connectivity index (χ1v) is 9.41. The lowest BCUT2D eigenvalue weighted by Crippen LogP contribution is -2.34. The average molecular weight is 444 g/mol. The van der Waals surface area contributed by atoms with Crippen LogP contribution < -0.4 is 10.5 Å². The molecule has 0 amide bonds. The first-order chi connectivity index (χ1) is 9.42. The van der Waals surface area contributed by atoms with E-state index in [2.05, 4.69) is 36.6 Å². The number of sulfonamides is 1. The van der Waals surface area contributed by atoms with Gasteiger partial charge in [0.25, 0.3) is 0 Å². The van der Waals surface area contributed by atoms with Crippen molar-refractivity contribution in [3.63, 3.8) is 0 Å². The van der Waals surface area contributed by atoms with Gasteiger partial charge >= 0.3 is 0 Å². The molecule has 0 radical (unpaired) electrons. The van der Waals surface area contributed by atoms with Crippen molar-refractivity contribution >= 4 is 47.6 Å². The smallest absolute Gasteiger partial charge is 0.243 e. The Morgan fingerprint density at radius 1 is 1.33 bits per heavy atom.